The van der Waals surface area contributed by atoms with Crippen LogP contribution in [0.25, 0.3) is 0 Å². The summed E-state index contributed by atoms with van der Waals surface area (Å²) in [5.74, 6) is 0.283. The number of amides is 2. The average Bonchev–Trinajstić information content (AvgIpc) is 2.93. The molecule has 1 heterocycles. The SMILES string of the molecule is CC[C@H](C)N(C(=O)COc1ccc(NC(C)=O)cc1)[C@@H]1CCS(=O)(=O)C1. The van der Waals surface area contributed by atoms with Gasteiger partial charge in [-0.25, -0.2) is 8.42 Å². The smallest absolute Gasteiger partial charge is 0.261 e. The van der Waals surface area contributed by atoms with Gasteiger partial charge in [0.1, 0.15) is 5.75 Å². The maximum absolute atomic E-state index is 12.7. The molecule has 144 valence electrons. The molecule has 26 heavy (non-hydrogen) atoms. The number of nitrogens with one attached hydrogen (secondary N) is 1. The van der Waals surface area contributed by atoms with E-state index in [1.165, 1.54) is 6.92 Å². The summed E-state index contributed by atoms with van der Waals surface area (Å²) in [5, 5.41) is 2.66. The van der Waals surface area contributed by atoms with Crippen LogP contribution in [0.5, 0.6) is 5.75 Å². The number of hydrogen-bond acceptors (Lipinski definition) is 5. The lowest BCUT2D eigenvalue weighted by atomic mass is 10.1. The number of rotatable bonds is 7. The Morgan fingerprint density at radius 1 is 1.31 bits per heavy atom. The summed E-state index contributed by atoms with van der Waals surface area (Å²) in [6.45, 7) is 5.16. The minimum atomic E-state index is -3.07. The van der Waals surface area contributed by atoms with Gasteiger partial charge in [0.05, 0.1) is 11.5 Å². The largest absolute Gasteiger partial charge is 0.484 e. The minimum absolute atomic E-state index is 0.0223. The lowest BCUT2D eigenvalue weighted by molar-refractivity contribution is -0.137. The second-order valence-corrected chi connectivity index (χ2v) is 8.84. The second-order valence-electron chi connectivity index (χ2n) is 6.61. The summed E-state index contributed by atoms with van der Waals surface area (Å²) in [7, 11) is -3.07. The highest BCUT2D eigenvalue weighted by atomic mass is 32.2. The molecular formula is C18H26N2O5S. The fourth-order valence-electron chi connectivity index (χ4n) is 3.06. The number of nitrogens with zero attached hydrogens (tertiary/aromatic N) is 1. The summed E-state index contributed by atoms with van der Waals surface area (Å²) in [4.78, 5) is 25.4. The molecule has 1 aliphatic rings. The van der Waals surface area contributed by atoms with Gasteiger partial charge in [-0.1, -0.05) is 6.92 Å². The van der Waals surface area contributed by atoms with E-state index in [2.05, 4.69) is 5.32 Å². The van der Waals surface area contributed by atoms with E-state index in [0.29, 0.717) is 17.9 Å². The maximum atomic E-state index is 12.7. The molecule has 0 unspecified atom stereocenters. The summed E-state index contributed by atoms with van der Waals surface area (Å²) < 4.78 is 29.1. The van der Waals surface area contributed by atoms with Crippen molar-refractivity contribution in [3.05, 3.63) is 24.3 Å². The zero-order chi connectivity index (χ0) is 19.3. The standard InChI is InChI=1S/C18H26N2O5S/c1-4-13(2)20(16-9-10-26(23,24)12-16)18(22)11-25-17-7-5-15(6-8-17)19-14(3)21/h5-8,13,16H,4,9-12H2,1-3H3,(H,19,21)/t13-,16+/m0/s1. The third kappa shape index (κ3) is 5.45. The molecule has 8 heteroatoms. The molecule has 1 saturated heterocycles. The highest BCUT2D eigenvalue weighted by Gasteiger charge is 2.36. The van der Waals surface area contributed by atoms with E-state index in [1.54, 1.807) is 29.2 Å². The van der Waals surface area contributed by atoms with E-state index in [9.17, 15) is 18.0 Å². The third-order valence-corrected chi connectivity index (χ3v) is 6.24. The van der Waals surface area contributed by atoms with Crippen molar-refractivity contribution in [3.8, 4) is 5.75 Å². The molecule has 2 rings (SSSR count). The highest BCUT2D eigenvalue weighted by Crippen LogP contribution is 2.22. The molecule has 1 aromatic carbocycles. The average molecular weight is 382 g/mol. The first-order chi connectivity index (χ1) is 12.2. The molecule has 2 atom stereocenters. The van der Waals surface area contributed by atoms with Crippen molar-refractivity contribution in [3.63, 3.8) is 0 Å². The zero-order valence-electron chi connectivity index (χ0n) is 15.4. The van der Waals surface area contributed by atoms with Crippen molar-refractivity contribution in [2.75, 3.05) is 23.4 Å². The first-order valence-corrected chi connectivity index (χ1v) is 10.6. The number of carbonyl (C=O) groups is 2. The fraction of sp³-hybridized carbons (Fsp3) is 0.556. The molecule has 2 amide bonds. The minimum Gasteiger partial charge on any atom is -0.484 e. The summed E-state index contributed by atoms with van der Waals surface area (Å²) >= 11 is 0. The van der Waals surface area contributed by atoms with E-state index >= 15 is 0 Å². The van der Waals surface area contributed by atoms with E-state index in [4.69, 9.17) is 4.74 Å². The van der Waals surface area contributed by atoms with Crippen LogP contribution in [0.3, 0.4) is 0 Å². The van der Waals surface area contributed by atoms with Crippen LogP contribution in [-0.4, -0.2) is 55.3 Å². The number of carbonyl (C=O) groups excluding carboxylic acids is 2. The van der Waals surface area contributed by atoms with Crippen molar-refractivity contribution in [2.45, 2.75) is 45.7 Å². The number of sulfone groups is 1. The van der Waals surface area contributed by atoms with Gasteiger partial charge in [0.25, 0.3) is 5.91 Å². The molecule has 1 N–H and O–H groups in total. The van der Waals surface area contributed by atoms with Gasteiger partial charge in [-0.05, 0) is 44.0 Å². The predicted octanol–water partition coefficient (Wildman–Crippen LogP) is 1.84. The molecule has 0 aliphatic carbocycles. The Labute approximate surface area is 154 Å². The number of ether oxygens (including phenoxy) is 1. The van der Waals surface area contributed by atoms with Crippen LogP contribution in [0.15, 0.2) is 24.3 Å². The lowest BCUT2D eigenvalue weighted by Crippen LogP contribution is -2.48. The Hall–Kier alpha value is -2.09. The molecule has 0 spiro atoms. The topological polar surface area (TPSA) is 92.8 Å². The van der Waals surface area contributed by atoms with E-state index in [0.717, 1.165) is 6.42 Å². The summed E-state index contributed by atoms with van der Waals surface area (Å²) in [6, 6.07) is 6.40. The second kappa shape index (κ2) is 8.53. The highest BCUT2D eigenvalue weighted by molar-refractivity contribution is 7.91. The monoisotopic (exact) mass is 382 g/mol. The summed E-state index contributed by atoms with van der Waals surface area (Å²) in [6.07, 6.45) is 1.22. The van der Waals surface area contributed by atoms with E-state index in [1.807, 2.05) is 13.8 Å². The lowest BCUT2D eigenvalue weighted by Gasteiger charge is -2.33. The molecule has 1 aliphatic heterocycles. The number of anilines is 1. The molecule has 0 saturated carbocycles. The normalized spacial score (nSPS) is 19.6. The Morgan fingerprint density at radius 2 is 1.96 bits per heavy atom. The van der Waals surface area contributed by atoms with Crippen LogP contribution in [-0.2, 0) is 19.4 Å². The van der Waals surface area contributed by atoms with Crippen molar-refractivity contribution in [1.29, 1.82) is 0 Å². The Balaban J connectivity index is 1.99. The van der Waals surface area contributed by atoms with Gasteiger partial charge >= 0.3 is 0 Å². The van der Waals surface area contributed by atoms with Crippen LogP contribution in [0.2, 0.25) is 0 Å². The van der Waals surface area contributed by atoms with Crippen LogP contribution >= 0.6 is 0 Å². The number of hydrogen-bond donors (Lipinski definition) is 1. The molecule has 0 bridgehead atoms. The Bertz CT molecular complexity index is 745. The van der Waals surface area contributed by atoms with Crippen LogP contribution in [0.4, 0.5) is 5.69 Å². The Morgan fingerprint density at radius 3 is 2.46 bits per heavy atom. The van der Waals surface area contributed by atoms with E-state index in [-0.39, 0.29) is 42.0 Å². The van der Waals surface area contributed by atoms with Crippen LogP contribution in [0.1, 0.15) is 33.6 Å². The Kier molecular flexibility index (Phi) is 6.63. The fourth-order valence-corrected chi connectivity index (χ4v) is 4.77. The van der Waals surface area contributed by atoms with Gasteiger partial charge < -0.3 is 15.0 Å². The molecule has 1 aromatic rings. The summed E-state index contributed by atoms with van der Waals surface area (Å²) in [5.41, 5.74) is 0.647. The molecule has 0 radical (unpaired) electrons. The molecule has 7 nitrogen and oxygen atoms in total. The van der Waals surface area contributed by atoms with Crippen LogP contribution < -0.4 is 10.1 Å². The molecular weight excluding hydrogens is 356 g/mol. The quantitative estimate of drug-likeness (QED) is 0.777. The van der Waals surface area contributed by atoms with Gasteiger partial charge in [0, 0.05) is 24.7 Å². The first kappa shape index (κ1) is 20.2. The molecule has 0 aromatic heterocycles. The van der Waals surface area contributed by atoms with E-state index < -0.39 is 9.84 Å². The zero-order valence-corrected chi connectivity index (χ0v) is 16.2. The third-order valence-electron chi connectivity index (χ3n) is 4.49. The first-order valence-electron chi connectivity index (χ1n) is 8.74. The van der Waals surface area contributed by atoms with Crippen molar-refractivity contribution in [1.82, 2.24) is 4.90 Å². The van der Waals surface area contributed by atoms with Crippen LogP contribution in [0, 0.1) is 0 Å². The van der Waals surface area contributed by atoms with Crippen molar-refractivity contribution < 1.29 is 22.7 Å². The number of benzene rings is 1. The van der Waals surface area contributed by atoms with Gasteiger partial charge in [-0.2, -0.15) is 0 Å². The molecule has 1 fully saturated rings. The van der Waals surface area contributed by atoms with Crippen molar-refractivity contribution >= 4 is 27.3 Å². The van der Waals surface area contributed by atoms with Gasteiger partial charge in [0.2, 0.25) is 5.91 Å². The van der Waals surface area contributed by atoms with Gasteiger partial charge in [-0.3, -0.25) is 9.59 Å². The van der Waals surface area contributed by atoms with Gasteiger partial charge in [-0.15, -0.1) is 0 Å². The predicted molar refractivity (Wildman–Crippen MR) is 99.9 cm³/mol. The van der Waals surface area contributed by atoms with Crippen molar-refractivity contribution in [2.24, 2.45) is 0 Å². The van der Waals surface area contributed by atoms with Gasteiger partial charge in [0.15, 0.2) is 16.4 Å². The maximum Gasteiger partial charge on any atom is 0.261 e.